The Hall–Kier alpha value is -1.06. The number of methoxy groups -OCH3 is 1. The van der Waals surface area contributed by atoms with E-state index in [0.717, 1.165) is 23.4 Å². The van der Waals surface area contributed by atoms with Crippen molar-refractivity contribution in [2.45, 2.75) is 24.9 Å². The predicted molar refractivity (Wildman–Crippen MR) is 62.4 cm³/mol. The number of benzene rings is 1. The van der Waals surface area contributed by atoms with E-state index >= 15 is 0 Å². The fraction of sp³-hybridized carbons (Fsp3) is 0.417. The zero-order valence-electron chi connectivity index (χ0n) is 9.07. The summed E-state index contributed by atoms with van der Waals surface area (Å²) in [5.41, 5.74) is 1.16. The van der Waals surface area contributed by atoms with E-state index in [0.29, 0.717) is 0 Å². The lowest BCUT2D eigenvalue weighted by Crippen LogP contribution is -2.33. The average Bonchev–Trinajstić information content (AvgIpc) is 2.78. The highest BCUT2D eigenvalue weighted by molar-refractivity contribution is 6.30. The Kier molecular flexibility index (Phi) is 3.46. The first kappa shape index (κ1) is 11.4. The van der Waals surface area contributed by atoms with Gasteiger partial charge >= 0.3 is 5.97 Å². The minimum atomic E-state index is -0.184. The van der Waals surface area contributed by atoms with Crippen molar-refractivity contribution in [1.29, 1.82) is 0 Å². The number of carbonyl (C=O) groups is 1. The van der Waals surface area contributed by atoms with E-state index in [9.17, 15) is 4.79 Å². The van der Waals surface area contributed by atoms with Gasteiger partial charge < -0.3 is 4.74 Å². The molecule has 1 aromatic carbocycles. The van der Waals surface area contributed by atoms with Crippen molar-refractivity contribution in [3.63, 3.8) is 0 Å². The Morgan fingerprint density at radius 2 is 2.06 bits per heavy atom. The second kappa shape index (κ2) is 4.85. The molecule has 2 atom stereocenters. The van der Waals surface area contributed by atoms with Crippen molar-refractivity contribution < 1.29 is 9.53 Å². The largest absolute Gasteiger partial charge is 0.468 e. The third kappa shape index (κ3) is 2.36. The van der Waals surface area contributed by atoms with Crippen LogP contribution < -0.4 is 5.32 Å². The van der Waals surface area contributed by atoms with Gasteiger partial charge in [0.05, 0.1) is 7.11 Å². The van der Waals surface area contributed by atoms with Crippen molar-refractivity contribution in [2.24, 2.45) is 0 Å². The van der Waals surface area contributed by atoms with Gasteiger partial charge in [0.1, 0.15) is 6.04 Å². The minimum absolute atomic E-state index is 0.175. The highest BCUT2D eigenvalue weighted by Gasteiger charge is 2.30. The van der Waals surface area contributed by atoms with Gasteiger partial charge in [-0.05, 0) is 30.5 Å². The molecule has 0 aromatic heterocycles. The summed E-state index contributed by atoms with van der Waals surface area (Å²) in [6, 6.07) is 7.75. The first-order valence-electron chi connectivity index (χ1n) is 5.30. The molecule has 86 valence electrons. The number of hydrogen-bond acceptors (Lipinski definition) is 3. The van der Waals surface area contributed by atoms with Gasteiger partial charge in [-0.15, -0.1) is 0 Å². The van der Waals surface area contributed by atoms with Gasteiger partial charge in [-0.1, -0.05) is 23.7 Å². The normalized spacial score (nSPS) is 24.4. The Balaban J connectivity index is 2.03. The topological polar surface area (TPSA) is 38.3 Å². The zero-order chi connectivity index (χ0) is 11.5. The van der Waals surface area contributed by atoms with Crippen molar-refractivity contribution in [2.75, 3.05) is 7.11 Å². The van der Waals surface area contributed by atoms with Crippen LogP contribution in [0.1, 0.15) is 24.4 Å². The van der Waals surface area contributed by atoms with Crippen molar-refractivity contribution >= 4 is 17.6 Å². The number of rotatable bonds is 2. The van der Waals surface area contributed by atoms with Crippen molar-refractivity contribution in [3.05, 3.63) is 34.9 Å². The summed E-state index contributed by atoms with van der Waals surface area (Å²) in [5.74, 6) is -0.184. The standard InChI is InChI=1S/C12H14ClNO2/c1-16-12(15)11-7-6-10(14-11)8-2-4-9(13)5-3-8/h2-5,10-11,14H,6-7H2,1H3/t10?,11-/m1/s1. The average molecular weight is 240 g/mol. The summed E-state index contributed by atoms with van der Waals surface area (Å²) in [7, 11) is 1.42. The van der Waals surface area contributed by atoms with Gasteiger partial charge in [0, 0.05) is 11.1 Å². The fourth-order valence-electron chi connectivity index (χ4n) is 2.03. The van der Waals surface area contributed by atoms with Crippen LogP contribution in [0.3, 0.4) is 0 Å². The molecule has 0 bridgehead atoms. The third-order valence-corrected chi connectivity index (χ3v) is 3.16. The number of carbonyl (C=O) groups excluding carboxylic acids is 1. The van der Waals surface area contributed by atoms with Gasteiger partial charge in [0.15, 0.2) is 0 Å². The first-order chi connectivity index (χ1) is 7.70. The minimum Gasteiger partial charge on any atom is -0.468 e. The zero-order valence-corrected chi connectivity index (χ0v) is 9.83. The van der Waals surface area contributed by atoms with Gasteiger partial charge in [-0.3, -0.25) is 10.1 Å². The summed E-state index contributed by atoms with van der Waals surface area (Å²) >= 11 is 5.83. The third-order valence-electron chi connectivity index (χ3n) is 2.90. The van der Waals surface area contributed by atoms with Gasteiger partial charge in [-0.2, -0.15) is 0 Å². The van der Waals surface area contributed by atoms with Crippen LogP contribution in [0.2, 0.25) is 5.02 Å². The fourth-order valence-corrected chi connectivity index (χ4v) is 2.15. The summed E-state index contributed by atoms with van der Waals surface area (Å²) in [6.07, 6.45) is 1.77. The molecule has 0 spiro atoms. The van der Waals surface area contributed by atoms with E-state index < -0.39 is 0 Å². The maximum atomic E-state index is 11.3. The summed E-state index contributed by atoms with van der Waals surface area (Å²) < 4.78 is 4.71. The molecule has 0 radical (unpaired) electrons. The van der Waals surface area contributed by atoms with E-state index in [1.54, 1.807) is 0 Å². The highest BCUT2D eigenvalue weighted by atomic mass is 35.5. The number of ether oxygens (including phenoxy) is 1. The van der Waals surface area contributed by atoms with Crippen LogP contribution in [0.4, 0.5) is 0 Å². The molecular formula is C12H14ClNO2. The predicted octanol–water partition coefficient (Wildman–Crippen LogP) is 2.31. The van der Waals surface area contributed by atoms with Crippen LogP contribution >= 0.6 is 11.6 Å². The Morgan fingerprint density at radius 3 is 2.69 bits per heavy atom. The van der Waals surface area contributed by atoms with Crippen molar-refractivity contribution in [3.8, 4) is 0 Å². The molecule has 1 heterocycles. The van der Waals surface area contributed by atoms with E-state index in [-0.39, 0.29) is 18.1 Å². The molecule has 1 fully saturated rings. The molecular weight excluding hydrogens is 226 g/mol. The molecule has 1 N–H and O–H groups in total. The summed E-state index contributed by atoms with van der Waals surface area (Å²) in [6.45, 7) is 0. The molecule has 4 heteroatoms. The Morgan fingerprint density at radius 1 is 1.38 bits per heavy atom. The maximum absolute atomic E-state index is 11.3. The highest BCUT2D eigenvalue weighted by Crippen LogP contribution is 2.27. The number of hydrogen-bond donors (Lipinski definition) is 1. The molecule has 0 aliphatic carbocycles. The number of halogens is 1. The second-order valence-electron chi connectivity index (χ2n) is 3.92. The molecule has 2 rings (SSSR count). The number of nitrogens with one attached hydrogen (secondary N) is 1. The number of esters is 1. The first-order valence-corrected chi connectivity index (χ1v) is 5.68. The van der Waals surface area contributed by atoms with Gasteiger partial charge in [-0.25, -0.2) is 0 Å². The monoisotopic (exact) mass is 239 g/mol. The maximum Gasteiger partial charge on any atom is 0.322 e. The molecule has 1 unspecified atom stereocenters. The lowest BCUT2D eigenvalue weighted by molar-refractivity contribution is -0.142. The SMILES string of the molecule is COC(=O)[C@H]1CCC(c2ccc(Cl)cc2)N1. The van der Waals surface area contributed by atoms with Crippen LogP contribution in [0.5, 0.6) is 0 Å². The molecule has 0 amide bonds. The van der Waals surface area contributed by atoms with E-state index in [2.05, 4.69) is 5.32 Å². The Bertz CT molecular complexity index is 377. The lowest BCUT2D eigenvalue weighted by Gasteiger charge is -2.13. The van der Waals surface area contributed by atoms with Crippen LogP contribution in [-0.4, -0.2) is 19.1 Å². The van der Waals surface area contributed by atoms with E-state index in [4.69, 9.17) is 16.3 Å². The van der Waals surface area contributed by atoms with Crippen LogP contribution in [0.25, 0.3) is 0 Å². The lowest BCUT2D eigenvalue weighted by atomic mass is 10.1. The smallest absolute Gasteiger partial charge is 0.322 e. The molecule has 1 aliphatic rings. The Labute approximate surface area is 99.7 Å². The molecule has 1 aliphatic heterocycles. The quantitative estimate of drug-likeness (QED) is 0.805. The summed E-state index contributed by atoms with van der Waals surface area (Å²) in [5, 5.41) is 3.99. The summed E-state index contributed by atoms with van der Waals surface area (Å²) in [4.78, 5) is 11.3. The van der Waals surface area contributed by atoms with Crippen LogP contribution in [-0.2, 0) is 9.53 Å². The van der Waals surface area contributed by atoms with Crippen LogP contribution in [0, 0.1) is 0 Å². The molecule has 0 saturated carbocycles. The van der Waals surface area contributed by atoms with E-state index in [1.807, 2.05) is 24.3 Å². The van der Waals surface area contributed by atoms with Gasteiger partial charge in [0.2, 0.25) is 0 Å². The molecule has 3 nitrogen and oxygen atoms in total. The van der Waals surface area contributed by atoms with E-state index in [1.165, 1.54) is 7.11 Å². The van der Waals surface area contributed by atoms with Crippen LogP contribution in [0.15, 0.2) is 24.3 Å². The second-order valence-corrected chi connectivity index (χ2v) is 4.36. The van der Waals surface area contributed by atoms with Crippen molar-refractivity contribution in [1.82, 2.24) is 5.32 Å². The molecule has 1 aromatic rings. The molecule has 16 heavy (non-hydrogen) atoms. The molecule has 1 saturated heterocycles. The van der Waals surface area contributed by atoms with Gasteiger partial charge in [0.25, 0.3) is 0 Å².